The lowest BCUT2D eigenvalue weighted by atomic mass is 10.1. The number of hydrogen-bond acceptors (Lipinski definition) is 4. The molecule has 1 aliphatic rings. The van der Waals surface area contributed by atoms with E-state index in [1.54, 1.807) is 6.33 Å². The van der Waals surface area contributed by atoms with Crippen molar-refractivity contribution >= 4 is 17.0 Å². The zero-order valence-electron chi connectivity index (χ0n) is 10.3. The molecule has 1 aliphatic carbocycles. The van der Waals surface area contributed by atoms with E-state index in [0.29, 0.717) is 5.92 Å². The molecule has 90 valence electrons. The van der Waals surface area contributed by atoms with E-state index in [4.69, 9.17) is 0 Å². The van der Waals surface area contributed by atoms with Crippen LogP contribution in [0.1, 0.15) is 37.4 Å². The fourth-order valence-electron chi connectivity index (χ4n) is 2.56. The zero-order chi connectivity index (χ0) is 11.8. The van der Waals surface area contributed by atoms with Crippen molar-refractivity contribution in [2.24, 2.45) is 7.05 Å². The molecule has 0 aromatic carbocycles. The van der Waals surface area contributed by atoms with Gasteiger partial charge in [0.1, 0.15) is 11.3 Å². The Kier molecular flexibility index (Phi) is 2.46. The van der Waals surface area contributed by atoms with Crippen LogP contribution >= 0.6 is 0 Å². The number of rotatable bonds is 2. The molecule has 3 rings (SSSR count). The molecule has 2 heterocycles. The van der Waals surface area contributed by atoms with Gasteiger partial charge in [-0.2, -0.15) is 0 Å². The number of fused-ring (bicyclic) bond motifs is 1. The maximum absolute atomic E-state index is 4.67. The van der Waals surface area contributed by atoms with Crippen molar-refractivity contribution in [1.82, 2.24) is 19.5 Å². The smallest absolute Gasteiger partial charge is 0.165 e. The summed E-state index contributed by atoms with van der Waals surface area (Å²) in [6, 6.07) is 0. The summed E-state index contributed by atoms with van der Waals surface area (Å²) in [7, 11) is 3.86. The highest BCUT2D eigenvalue weighted by atomic mass is 15.1. The molecule has 5 nitrogen and oxygen atoms in total. The number of hydrogen-bond donors (Lipinski definition) is 1. The van der Waals surface area contributed by atoms with Gasteiger partial charge in [0.15, 0.2) is 11.5 Å². The summed E-state index contributed by atoms with van der Waals surface area (Å²) in [5.41, 5.74) is 1.78. The molecule has 0 radical (unpaired) electrons. The second-order valence-electron chi connectivity index (χ2n) is 4.69. The molecular formula is C12H17N5. The van der Waals surface area contributed by atoms with E-state index in [2.05, 4.69) is 20.3 Å². The summed E-state index contributed by atoms with van der Waals surface area (Å²) in [5.74, 6) is 2.35. The van der Waals surface area contributed by atoms with E-state index in [1.807, 2.05) is 18.7 Å². The first-order chi connectivity index (χ1) is 8.29. The molecule has 0 unspecified atom stereocenters. The molecule has 2 aromatic heterocycles. The molecule has 1 fully saturated rings. The Hall–Kier alpha value is -1.65. The Balaban J connectivity index is 2.15. The summed E-state index contributed by atoms with van der Waals surface area (Å²) < 4.78 is 1.95. The summed E-state index contributed by atoms with van der Waals surface area (Å²) in [6.07, 6.45) is 6.82. The van der Waals surface area contributed by atoms with Gasteiger partial charge in [0.05, 0.1) is 6.33 Å². The molecule has 0 saturated heterocycles. The number of nitrogens with one attached hydrogen (secondary N) is 1. The Morgan fingerprint density at radius 1 is 1.29 bits per heavy atom. The van der Waals surface area contributed by atoms with Gasteiger partial charge in [-0.15, -0.1) is 0 Å². The van der Waals surface area contributed by atoms with Gasteiger partial charge in [-0.05, 0) is 12.8 Å². The lowest BCUT2D eigenvalue weighted by molar-refractivity contribution is 0.670. The first kappa shape index (κ1) is 10.5. The van der Waals surface area contributed by atoms with Crippen LogP contribution in [0.4, 0.5) is 5.82 Å². The molecule has 0 amide bonds. The predicted octanol–water partition coefficient (Wildman–Crippen LogP) is 2.06. The third-order valence-electron chi connectivity index (χ3n) is 3.53. The van der Waals surface area contributed by atoms with Crippen molar-refractivity contribution in [2.75, 3.05) is 12.4 Å². The minimum Gasteiger partial charge on any atom is -0.371 e. The molecule has 0 bridgehead atoms. The largest absolute Gasteiger partial charge is 0.371 e. The summed E-state index contributed by atoms with van der Waals surface area (Å²) in [4.78, 5) is 13.6. The average molecular weight is 231 g/mol. The van der Waals surface area contributed by atoms with Gasteiger partial charge in [0, 0.05) is 20.0 Å². The van der Waals surface area contributed by atoms with Gasteiger partial charge in [-0.3, -0.25) is 0 Å². The summed E-state index contributed by atoms with van der Waals surface area (Å²) in [5, 5.41) is 3.12. The van der Waals surface area contributed by atoms with Crippen LogP contribution in [0.15, 0.2) is 6.33 Å². The third-order valence-corrected chi connectivity index (χ3v) is 3.53. The molecule has 1 N–H and O–H groups in total. The fourth-order valence-corrected chi connectivity index (χ4v) is 2.56. The van der Waals surface area contributed by atoms with E-state index in [9.17, 15) is 0 Å². The highest BCUT2D eigenvalue weighted by Gasteiger charge is 2.22. The van der Waals surface area contributed by atoms with Crippen molar-refractivity contribution in [3.63, 3.8) is 0 Å². The number of aromatic nitrogens is 4. The SMILES string of the molecule is CNc1nc(C2CCCC2)nc2c1ncn2C. The topological polar surface area (TPSA) is 55.6 Å². The van der Waals surface area contributed by atoms with Crippen LogP contribution in [0.5, 0.6) is 0 Å². The number of imidazole rings is 1. The summed E-state index contributed by atoms with van der Waals surface area (Å²) >= 11 is 0. The van der Waals surface area contributed by atoms with Crippen LogP contribution in [0.2, 0.25) is 0 Å². The van der Waals surface area contributed by atoms with Gasteiger partial charge < -0.3 is 9.88 Å². The maximum Gasteiger partial charge on any atom is 0.165 e. The minimum atomic E-state index is 0.529. The molecule has 0 spiro atoms. The Labute approximate surface area is 100 Å². The molecule has 1 saturated carbocycles. The molecular weight excluding hydrogens is 214 g/mol. The van der Waals surface area contributed by atoms with Gasteiger partial charge >= 0.3 is 0 Å². The van der Waals surface area contributed by atoms with Crippen LogP contribution in [-0.4, -0.2) is 26.6 Å². The van der Waals surface area contributed by atoms with Crippen LogP contribution in [0.3, 0.4) is 0 Å². The number of nitrogens with zero attached hydrogens (tertiary/aromatic N) is 4. The Morgan fingerprint density at radius 2 is 2.06 bits per heavy atom. The van der Waals surface area contributed by atoms with Gasteiger partial charge in [-0.25, -0.2) is 15.0 Å². The monoisotopic (exact) mass is 231 g/mol. The van der Waals surface area contributed by atoms with E-state index >= 15 is 0 Å². The van der Waals surface area contributed by atoms with E-state index in [0.717, 1.165) is 22.8 Å². The van der Waals surface area contributed by atoms with Crippen molar-refractivity contribution in [3.8, 4) is 0 Å². The van der Waals surface area contributed by atoms with Crippen molar-refractivity contribution in [1.29, 1.82) is 0 Å². The van der Waals surface area contributed by atoms with E-state index in [1.165, 1.54) is 25.7 Å². The standard InChI is InChI=1S/C12H17N5/c1-13-11-9-12(17(2)7-14-9)16-10(15-11)8-5-3-4-6-8/h7-8H,3-6H2,1-2H3,(H,13,15,16). The third kappa shape index (κ3) is 1.66. The second-order valence-corrected chi connectivity index (χ2v) is 4.69. The molecule has 0 atom stereocenters. The first-order valence-corrected chi connectivity index (χ1v) is 6.16. The van der Waals surface area contributed by atoms with Crippen LogP contribution < -0.4 is 5.32 Å². The van der Waals surface area contributed by atoms with Gasteiger partial charge in [0.25, 0.3) is 0 Å². The Bertz CT molecular complexity index is 539. The fraction of sp³-hybridized carbons (Fsp3) is 0.583. The van der Waals surface area contributed by atoms with Gasteiger partial charge in [-0.1, -0.05) is 12.8 Å². The van der Waals surface area contributed by atoms with Crippen LogP contribution in [0, 0.1) is 0 Å². The number of anilines is 1. The molecule has 2 aromatic rings. The van der Waals surface area contributed by atoms with Crippen molar-refractivity contribution < 1.29 is 0 Å². The number of aryl methyl sites for hydroxylation is 1. The maximum atomic E-state index is 4.67. The van der Waals surface area contributed by atoms with E-state index in [-0.39, 0.29) is 0 Å². The lowest BCUT2D eigenvalue weighted by Crippen LogP contribution is -2.05. The molecule has 0 aliphatic heterocycles. The van der Waals surface area contributed by atoms with Gasteiger partial charge in [0.2, 0.25) is 0 Å². The molecule has 17 heavy (non-hydrogen) atoms. The molecule has 5 heteroatoms. The lowest BCUT2D eigenvalue weighted by Gasteiger charge is -2.10. The van der Waals surface area contributed by atoms with Crippen molar-refractivity contribution in [2.45, 2.75) is 31.6 Å². The predicted molar refractivity (Wildman–Crippen MR) is 67.1 cm³/mol. The minimum absolute atomic E-state index is 0.529. The second kappa shape index (κ2) is 3.98. The zero-order valence-corrected chi connectivity index (χ0v) is 10.3. The average Bonchev–Trinajstić information content (AvgIpc) is 2.98. The Morgan fingerprint density at radius 3 is 2.76 bits per heavy atom. The van der Waals surface area contributed by atoms with Crippen LogP contribution in [-0.2, 0) is 7.05 Å². The van der Waals surface area contributed by atoms with Crippen LogP contribution in [0.25, 0.3) is 11.2 Å². The highest BCUT2D eigenvalue weighted by Crippen LogP contribution is 2.33. The highest BCUT2D eigenvalue weighted by molar-refractivity contribution is 5.82. The van der Waals surface area contributed by atoms with E-state index < -0.39 is 0 Å². The first-order valence-electron chi connectivity index (χ1n) is 6.16. The normalized spacial score (nSPS) is 16.8. The summed E-state index contributed by atoms with van der Waals surface area (Å²) in [6.45, 7) is 0. The van der Waals surface area contributed by atoms with Crippen molar-refractivity contribution in [3.05, 3.63) is 12.2 Å². The quantitative estimate of drug-likeness (QED) is 0.859.